The number of nitrogens with zero attached hydrogens (tertiary/aromatic N) is 3. The van der Waals surface area contributed by atoms with E-state index in [2.05, 4.69) is 10.3 Å². The molecule has 37 heavy (non-hydrogen) atoms. The Balaban J connectivity index is 1.67. The summed E-state index contributed by atoms with van der Waals surface area (Å²) in [6, 6.07) is 9.28. The molecule has 0 fully saturated rings. The molecule has 190 valence electrons. The number of hydrogen-bond acceptors (Lipinski definition) is 6. The van der Waals surface area contributed by atoms with Crippen molar-refractivity contribution in [2.24, 2.45) is 0 Å². The van der Waals surface area contributed by atoms with Gasteiger partial charge in [-0.05, 0) is 50.2 Å². The van der Waals surface area contributed by atoms with E-state index in [1.54, 1.807) is 13.8 Å². The Bertz CT molecular complexity index is 1620. The van der Waals surface area contributed by atoms with Crippen molar-refractivity contribution in [1.82, 2.24) is 14.1 Å². The normalized spacial score (nSPS) is 11.0. The number of pyridine rings is 1. The summed E-state index contributed by atoms with van der Waals surface area (Å²) in [6.45, 7) is 3.39. The summed E-state index contributed by atoms with van der Waals surface area (Å²) in [4.78, 5) is 42.9. The summed E-state index contributed by atoms with van der Waals surface area (Å²) >= 11 is 6.02. The zero-order valence-electron chi connectivity index (χ0n) is 19.5. The summed E-state index contributed by atoms with van der Waals surface area (Å²) in [5, 5.41) is 2.46. The minimum absolute atomic E-state index is 0.0111. The summed E-state index contributed by atoms with van der Waals surface area (Å²) in [6.07, 6.45) is 2.48. The minimum Gasteiger partial charge on any atom is -0.453 e. The Morgan fingerprint density at radius 2 is 1.78 bits per heavy atom. The van der Waals surface area contributed by atoms with Crippen LogP contribution in [0.5, 0.6) is 11.5 Å². The standard InChI is InChI=1S/C25H20ClF2N5O4/c1-13(2)32-12-17(24(35)33(25(32)36)16-6-3-14(27)4-7-16)23(34)31-15-5-8-19(18(28)11-15)37-20-9-10-30-22(29)21(20)26/h3-13H,1-2H3,(H2,29,30)(H,31,34). The number of ether oxygens (including phenoxy) is 1. The molecule has 0 aliphatic carbocycles. The van der Waals surface area contributed by atoms with Crippen LogP contribution in [-0.2, 0) is 0 Å². The number of benzene rings is 2. The Morgan fingerprint density at radius 1 is 1.08 bits per heavy atom. The summed E-state index contributed by atoms with van der Waals surface area (Å²) < 4.78 is 35.5. The molecule has 0 spiro atoms. The lowest BCUT2D eigenvalue weighted by Gasteiger charge is -2.16. The molecule has 0 aliphatic heterocycles. The van der Waals surface area contributed by atoms with E-state index in [0.29, 0.717) is 0 Å². The maximum Gasteiger partial charge on any atom is 0.335 e. The Morgan fingerprint density at radius 3 is 2.43 bits per heavy atom. The van der Waals surface area contributed by atoms with Crippen molar-refractivity contribution in [3.63, 3.8) is 0 Å². The molecule has 2 aromatic heterocycles. The second-order valence-electron chi connectivity index (χ2n) is 8.15. The third-order valence-corrected chi connectivity index (χ3v) is 5.67. The maximum atomic E-state index is 14.7. The van der Waals surface area contributed by atoms with Crippen LogP contribution in [-0.4, -0.2) is 20.0 Å². The van der Waals surface area contributed by atoms with Crippen LogP contribution in [0, 0.1) is 11.6 Å². The van der Waals surface area contributed by atoms with Gasteiger partial charge in [0.05, 0.1) is 5.69 Å². The topological polar surface area (TPSA) is 121 Å². The molecule has 0 radical (unpaired) electrons. The van der Waals surface area contributed by atoms with Gasteiger partial charge in [0, 0.05) is 36.3 Å². The number of amides is 1. The first-order valence-corrected chi connectivity index (χ1v) is 11.3. The summed E-state index contributed by atoms with van der Waals surface area (Å²) in [5.74, 6) is -2.37. The van der Waals surface area contributed by atoms with E-state index >= 15 is 0 Å². The number of anilines is 2. The predicted molar refractivity (Wildman–Crippen MR) is 135 cm³/mol. The summed E-state index contributed by atoms with van der Waals surface area (Å²) in [7, 11) is 0. The third-order valence-electron chi connectivity index (χ3n) is 5.29. The van der Waals surface area contributed by atoms with E-state index in [9.17, 15) is 23.2 Å². The number of nitrogens with two attached hydrogens (primary N) is 1. The van der Waals surface area contributed by atoms with Crippen molar-refractivity contribution in [1.29, 1.82) is 0 Å². The van der Waals surface area contributed by atoms with E-state index in [1.165, 1.54) is 41.1 Å². The van der Waals surface area contributed by atoms with Gasteiger partial charge in [0.15, 0.2) is 17.3 Å². The van der Waals surface area contributed by atoms with Crippen molar-refractivity contribution in [3.8, 4) is 17.2 Å². The molecule has 0 saturated carbocycles. The third kappa shape index (κ3) is 5.21. The average molecular weight is 528 g/mol. The van der Waals surface area contributed by atoms with Gasteiger partial charge in [0.2, 0.25) is 0 Å². The Labute approximate surface area is 213 Å². The average Bonchev–Trinajstić information content (AvgIpc) is 2.84. The zero-order chi connectivity index (χ0) is 26.9. The van der Waals surface area contributed by atoms with E-state index < -0.39 is 34.8 Å². The molecule has 12 heteroatoms. The smallest absolute Gasteiger partial charge is 0.335 e. The Kier molecular flexibility index (Phi) is 7.07. The number of nitrogens with one attached hydrogen (secondary N) is 1. The molecule has 0 atom stereocenters. The van der Waals surface area contributed by atoms with Crippen LogP contribution in [0.25, 0.3) is 5.69 Å². The lowest BCUT2D eigenvalue weighted by molar-refractivity contribution is 0.102. The van der Waals surface area contributed by atoms with Crippen LogP contribution in [0.1, 0.15) is 30.2 Å². The van der Waals surface area contributed by atoms with Crippen LogP contribution in [0.3, 0.4) is 0 Å². The summed E-state index contributed by atoms with van der Waals surface area (Å²) in [5.41, 5.74) is 3.73. The molecule has 9 nitrogen and oxygen atoms in total. The largest absolute Gasteiger partial charge is 0.453 e. The van der Waals surface area contributed by atoms with E-state index in [-0.39, 0.29) is 39.3 Å². The molecular formula is C25H20ClF2N5O4. The number of aromatic nitrogens is 3. The minimum atomic E-state index is -0.920. The van der Waals surface area contributed by atoms with Crippen LogP contribution >= 0.6 is 11.6 Å². The fraction of sp³-hybridized carbons (Fsp3) is 0.120. The molecule has 0 unspecified atom stereocenters. The first-order valence-electron chi connectivity index (χ1n) is 10.9. The first kappa shape index (κ1) is 25.6. The molecule has 4 rings (SSSR count). The van der Waals surface area contributed by atoms with Crippen LogP contribution < -0.4 is 27.0 Å². The molecule has 0 aliphatic rings. The van der Waals surface area contributed by atoms with Crippen molar-refractivity contribution in [2.45, 2.75) is 19.9 Å². The van der Waals surface area contributed by atoms with Gasteiger partial charge >= 0.3 is 5.69 Å². The van der Waals surface area contributed by atoms with Gasteiger partial charge < -0.3 is 15.8 Å². The number of halogens is 3. The highest BCUT2D eigenvalue weighted by Gasteiger charge is 2.20. The lowest BCUT2D eigenvalue weighted by Crippen LogP contribution is -2.42. The van der Waals surface area contributed by atoms with Crippen LogP contribution in [0.2, 0.25) is 5.02 Å². The SMILES string of the molecule is CC(C)n1cc(C(=O)Nc2ccc(Oc3ccnc(N)c3Cl)c(F)c2)c(=O)n(-c2ccc(F)cc2)c1=O. The van der Waals surface area contributed by atoms with Gasteiger partial charge in [-0.1, -0.05) is 11.6 Å². The molecular weight excluding hydrogens is 508 g/mol. The fourth-order valence-corrected chi connectivity index (χ4v) is 3.56. The van der Waals surface area contributed by atoms with Crippen LogP contribution in [0.15, 0.2) is 70.5 Å². The fourth-order valence-electron chi connectivity index (χ4n) is 3.41. The number of hydrogen-bond donors (Lipinski definition) is 2. The maximum absolute atomic E-state index is 14.7. The molecule has 2 heterocycles. The molecule has 4 aromatic rings. The van der Waals surface area contributed by atoms with Gasteiger partial charge in [0.1, 0.15) is 22.2 Å². The second-order valence-corrected chi connectivity index (χ2v) is 8.53. The number of nitrogen functional groups attached to an aromatic ring is 1. The molecule has 2 aromatic carbocycles. The Hall–Kier alpha value is -4.51. The van der Waals surface area contributed by atoms with E-state index in [0.717, 1.165) is 29.0 Å². The van der Waals surface area contributed by atoms with Gasteiger partial charge in [-0.3, -0.25) is 14.2 Å². The predicted octanol–water partition coefficient (Wildman–Crippen LogP) is 4.53. The highest BCUT2D eigenvalue weighted by atomic mass is 35.5. The molecule has 3 N–H and O–H groups in total. The lowest BCUT2D eigenvalue weighted by atomic mass is 10.2. The highest BCUT2D eigenvalue weighted by Crippen LogP contribution is 2.33. The first-order chi connectivity index (χ1) is 17.6. The van der Waals surface area contributed by atoms with Crippen molar-refractivity contribution in [3.05, 3.63) is 104 Å². The number of carbonyl (C=O) groups is 1. The van der Waals surface area contributed by atoms with Crippen molar-refractivity contribution in [2.75, 3.05) is 11.1 Å². The van der Waals surface area contributed by atoms with Gasteiger partial charge in [-0.25, -0.2) is 23.1 Å². The molecule has 1 amide bonds. The molecule has 0 bridgehead atoms. The second kappa shape index (κ2) is 10.2. The van der Waals surface area contributed by atoms with E-state index in [1.807, 2.05) is 0 Å². The number of carbonyl (C=O) groups excluding carboxylic acids is 1. The van der Waals surface area contributed by atoms with Gasteiger partial charge in [-0.15, -0.1) is 0 Å². The van der Waals surface area contributed by atoms with Crippen LogP contribution in [0.4, 0.5) is 20.3 Å². The molecule has 0 saturated heterocycles. The zero-order valence-corrected chi connectivity index (χ0v) is 20.3. The van der Waals surface area contributed by atoms with Crippen molar-refractivity contribution < 1.29 is 18.3 Å². The van der Waals surface area contributed by atoms with E-state index in [4.69, 9.17) is 22.1 Å². The van der Waals surface area contributed by atoms with Gasteiger partial charge in [0.25, 0.3) is 11.5 Å². The quantitative estimate of drug-likeness (QED) is 0.380. The van der Waals surface area contributed by atoms with Gasteiger partial charge in [-0.2, -0.15) is 0 Å². The highest BCUT2D eigenvalue weighted by molar-refractivity contribution is 6.34. The monoisotopic (exact) mass is 527 g/mol. The van der Waals surface area contributed by atoms with Crippen molar-refractivity contribution >= 4 is 29.0 Å². The number of rotatable bonds is 6.